The van der Waals surface area contributed by atoms with E-state index in [1.165, 1.54) is 36.7 Å². The normalized spacial score (nSPS) is 10.6. The molecule has 0 spiro atoms. The van der Waals surface area contributed by atoms with Crippen molar-refractivity contribution in [1.29, 1.82) is 0 Å². The van der Waals surface area contributed by atoms with Crippen molar-refractivity contribution in [3.8, 4) is 0 Å². The van der Waals surface area contributed by atoms with Gasteiger partial charge in [0.15, 0.2) is 5.82 Å². The average Bonchev–Trinajstić information content (AvgIpc) is 2.39. The lowest BCUT2D eigenvalue weighted by atomic mass is 10.2. The van der Waals surface area contributed by atoms with Gasteiger partial charge in [0.25, 0.3) is 0 Å². The lowest BCUT2D eigenvalue weighted by Gasteiger charge is -2.02. The minimum absolute atomic E-state index is 0.0129. The second-order valence-corrected chi connectivity index (χ2v) is 3.63. The molecular formula is C13H10FN3O2. The molecule has 1 heterocycles. The Morgan fingerprint density at radius 3 is 2.95 bits per heavy atom. The summed E-state index contributed by atoms with van der Waals surface area (Å²) in [6.45, 7) is 0. The van der Waals surface area contributed by atoms with Crippen LogP contribution >= 0.6 is 0 Å². The highest BCUT2D eigenvalue weighted by Gasteiger charge is 2.09. The van der Waals surface area contributed by atoms with E-state index < -0.39 is 5.97 Å². The van der Waals surface area contributed by atoms with Crippen molar-refractivity contribution in [3.63, 3.8) is 0 Å². The summed E-state index contributed by atoms with van der Waals surface area (Å²) in [6.07, 6.45) is 2.83. The van der Waals surface area contributed by atoms with Crippen molar-refractivity contribution in [2.75, 3.05) is 5.43 Å². The van der Waals surface area contributed by atoms with E-state index in [1.54, 1.807) is 12.1 Å². The first-order valence-electron chi connectivity index (χ1n) is 5.40. The first-order chi connectivity index (χ1) is 9.16. The lowest BCUT2D eigenvalue weighted by Crippen LogP contribution is -2.04. The molecule has 0 amide bonds. The summed E-state index contributed by atoms with van der Waals surface area (Å²) >= 11 is 0. The number of pyridine rings is 1. The van der Waals surface area contributed by atoms with E-state index in [0.29, 0.717) is 5.56 Å². The Morgan fingerprint density at radius 1 is 1.37 bits per heavy atom. The minimum Gasteiger partial charge on any atom is -0.478 e. The van der Waals surface area contributed by atoms with Crippen molar-refractivity contribution in [2.24, 2.45) is 5.10 Å². The summed E-state index contributed by atoms with van der Waals surface area (Å²) in [4.78, 5) is 14.8. The van der Waals surface area contributed by atoms with E-state index in [4.69, 9.17) is 5.11 Å². The van der Waals surface area contributed by atoms with Gasteiger partial charge in [-0.3, -0.25) is 5.43 Å². The Hall–Kier alpha value is -2.76. The predicted octanol–water partition coefficient (Wildman–Crippen LogP) is 2.36. The first kappa shape index (κ1) is 12.7. The third-order valence-electron chi connectivity index (χ3n) is 2.27. The van der Waals surface area contributed by atoms with E-state index in [0.717, 1.165) is 0 Å². The molecule has 5 nitrogen and oxygen atoms in total. The van der Waals surface area contributed by atoms with Crippen LogP contribution in [0.25, 0.3) is 0 Å². The fraction of sp³-hybridized carbons (Fsp3) is 0. The number of nitrogens with one attached hydrogen (secondary N) is 1. The summed E-state index contributed by atoms with van der Waals surface area (Å²) in [6, 6.07) is 8.79. The number of aromatic carboxylic acids is 1. The number of benzene rings is 1. The van der Waals surface area contributed by atoms with Crippen molar-refractivity contribution < 1.29 is 14.3 Å². The van der Waals surface area contributed by atoms with Crippen LogP contribution in [0.4, 0.5) is 10.2 Å². The smallest absolute Gasteiger partial charge is 0.339 e. The summed E-state index contributed by atoms with van der Waals surface area (Å²) in [5.74, 6) is -1.34. The van der Waals surface area contributed by atoms with E-state index in [2.05, 4.69) is 15.5 Å². The molecule has 0 radical (unpaired) electrons. The van der Waals surface area contributed by atoms with Gasteiger partial charge < -0.3 is 5.11 Å². The number of hydrazone groups is 1. The molecular weight excluding hydrogens is 249 g/mol. The standard InChI is InChI=1S/C13H10FN3O2/c14-10-4-1-3-9(7-10)8-16-17-12-11(13(18)19)5-2-6-15-12/h1-8H,(H,15,17)(H,18,19)/b16-8+. The Balaban J connectivity index is 2.13. The van der Waals surface area contributed by atoms with Crippen molar-refractivity contribution in [1.82, 2.24) is 4.98 Å². The van der Waals surface area contributed by atoms with Gasteiger partial charge in [0, 0.05) is 6.20 Å². The van der Waals surface area contributed by atoms with Crippen LogP contribution in [0.5, 0.6) is 0 Å². The lowest BCUT2D eigenvalue weighted by molar-refractivity contribution is 0.0697. The number of carboxylic acids is 1. The number of rotatable bonds is 4. The summed E-state index contributed by atoms with van der Waals surface area (Å²) in [5, 5.41) is 12.8. The van der Waals surface area contributed by atoms with Crippen LogP contribution in [0, 0.1) is 5.82 Å². The topological polar surface area (TPSA) is 74.6 Å². The zero-order valence-electron chi connectivity index (χ0n) is 9.75. The van der Waals surface area contributed by atoms with Gasteiger partial charge in [0.05, 0.1) is 6.21 Å². The van der Waals surface area contributed by atoms with E-state index in [1.807, 2.05) is 0 Å². The summed E-state index contributed by atoms with van der Waals surface area (Å²) in [5.41, 5.74) is 3.09. The summed E-state index contributed by atoms with van der Waals surface area (Å²) in [7, 11) is 0. The van der Waals surface area contributed by atoms with E-state index in [-0.39, 0.29) is 17.2 Å². The number of aromatic nitrogens is 1. The molecule has 1 aromatic carbocycles. The van der Waals surface area contributed by atoms with Crippen molar-refractivity contribution >= 4 is 18.0 Å². The molecule has 0 atom stereocenters. The van der Waals surface area contributed by atoms with E-state index in [9.17, 15) is 9.18 Å². The number of nitrogens with zero attached hydrogens (tertiary/aromatic N) is 2. The fourth-order valence-electron chi connectivity index (χ4n) is 1.42. The second-order valence-electron chi connectivity index (χ2n) is 3.63. The van der Waals surface area contributed by atoms with Crippen LogP contribution in [-0.2, 0) is 0 Å². The molecule has 2 aromatic rings. The van der Waals surface area contributed by atoms with Gasteiger partial charge in [0.1, 0.15) is 11.4 Å². The minimum atomic E-state index is -1.10. The third kappa shape index (κ3) is 3.35. The maximum Gasteiger partial charge on any atom is 0.339 e. The molecule has 0 bridgehead atoms. The van der Waals surface area contributed by atoms with Crippen LogP contribution in [0.3, 0.4) is 0 Å². The molecule has 2 rings (SSSR count). The molecule has 6 heteroatoms. The number of hydrogen-bond acceptors (Lipinski definition) is 4. The Labute approximate surface area is 108 Å². The van der Waals surface area contributed by atoms with Gasteiger partial charge in [-0.05, 0) is 29.8 Å². The number of halogens is 1. The molecule has 0 saturated heterocycles. The van der Waals surface area contributed by atoms with Crippen LogP contribution < -0.4 is 5.43 Å². The Kier molecular flexibility index (Phi) is 3.82. The molecule has 0 fully saturated rings. The molecule has 19 heavy (non-hydrogen) atoms. The van der Waals surface area contributed by atoms with E-state index >= 15 is 0 Å². The van der Waals surface area contributed by atoms with Crippen molar-refractivity contribution in [2.45, 2.75) is 0 Å². The molecule has 2 N–H and O–H groups in total. The highest BCUT2D eigenvalue weighted by molar-refractivity contribution is 5.93. The quantitative estimate of drug-likeness (QED) is 0.653. The van der Waals surface area contributed by atoms with Gasteiger partial charge in [-0.25, -0.2) is 14.2 Å². The molecule has 1 aromatic heterocycles. The number of carboxylic acid groups (broad SMARTS) is 1. The molecule has 0 unspecified atom stereocenters. The number of carbonyl (C=O) groups is 1. The SMILES string of the molecule is O=C(O)c1cccnc1N/N=C/c1cccc(F)c1. The molecule has 96 valence electrons. The molecule has 0 aliphatic carbocycles. The predicted molar refractivity (Wildman–Crippen MR) is 68.8 cm³/mol. The molecule has 0 saturated carbocycles. The van der Waals surface area contributed by atoms with Gasteiger partial charge in [0.2, 0.25) is 0 Å². The molecule has 0 aliphatic rings. The van der Waals surface area contributed by atoms with Crippen LogP contribution in [0.15, 0.2) is 47.7 Å². The maximum atomic E-state index is 12.9. The summed E-state index contributed by atoms with van der Waals surface area (Å²) < 4.78 is 12.9. The monoisotopic (exact) mass is 259 g/mol. The zero-order valence-corrected chi connectivity index (χ0v) is 9.75. The number of anilines is 1. The Morgan fingerprint density at radius 2 is 2.21 bits per heavy atom. The second kappa shape index (κ2) is 5.72. The van der Waals surface area contributed by atoms with Crippen LogP contribution in [0.2, 0.25) is 0 Å². The first-order valence-corrected chi connectivity index (χ1v) is 5.40. The maximum absolute atomic E-state index is 12.9. The van der Waals surface area contributed by atoms with Crippen LogP contribution in [-0.4, -0.2) is 22.3 Å². The number of hydrogen-bond donors (Lipinski definition) is 2. The van der Waals surface area contributed by atoms with Crippen molar-refractivity contribution in [3.05, 3.63) is 59.5 Å². The fourth-order valence-corrected chi connectivity index (χ4v) is 1.42. The zero-order chi connectivity index (χ0) is 13.7. The highest BCUT2D eigenvalue weighted by atomic mass is 19.1. The largest absolute Gasteiger partial charge is 0.478 e. The third-order valence-corrected chi connectivity index (χ3v) is 2.27. The van der Waals surface area contributed by atoms with Gasteiger partial charge >= 0.3 is 5.97 Å². The van der Waals surface area contributed by atoms with Gasteiger partial charge in [-0.2, -0.15) is 5.10 Å². The highest BCUT2D eigenvalue weighted by Crippen LogP contribution is 2.11. The van der Waals surface area contributed by atoms with Gasteiger partial charge in [-0.1, -0.05) is 12.1 Å². The van der Waals surface area contributed by atoms with Gasteiger partial charge in [-0.15, -0.1) is 0 Å². The average molecular weight is 259 g/mol. The van der Waals surface area contributed by atoms with Crippen LogP contribution in [0.1, 0.15) is 15.9 Å². The molecule has 0 aliphatic heterocycles. The Bertz CT molecular complexity index is 629.